The molecule has 0 N–H and O–H groups in total. The third-order valence-corrected chi connectivity index (χ3v) is 8.55. The van der Waals surface area contributed by atoms with Crippen molar-refractivity contribution in [3.05, 3.63) is 54.1 Å². The molecule has 6 rings (SSSR count). The molecule has 1 saturated heterocycles. The molecule has 0 radical (unpaired) electrons. The molecule has 3 aliphatic carbocycles. The van der Waals surface area contributed by atoms with Gasteiger partial charge in [-0.05, 0) is 86.4 Å². The second-order valence-corrected chi connectivity index (χ2v) is 11.0. The van der Waals surface area contributed by atoms with E-state index >= 15 is 0 Å². The first kappa shape index (κ1) is 20.3. The van der Waals surface area contributed by atoms with E-state index in [1.807, 2.05) is 0 Å². The summed E-state index contributed by atoms with van der Waals surface area (Å²) in [5, 5.41) is 0. The number of hydrogen-bond donors (Lipinski definition) is 0. The molecule has 2 aromatic carbocycles. The molecular weight excluding hydrogens is 367 g/mol. The minimum absolute atomic E-state index is 0.296. The Balaban J connectivity index is 1.29. The molecule has 1 atom stereocenters. The van der Waals surface area contributed by atoms with Gasteiger partial charge in [0.25, 0.3) is 0 Å². The molecule has 0 spiro atoms. The van der Waals surface area contributed by atoms with Crippen LogP contribution in [0.2, 0.25) is 0 Å². The number of rotatable bonds is 5. The van der Waals surface area contributed by atoms with E-state index in [2.05, 4.69) is 83.1 Å². The van der Waals surface area contributed by atoms with Crippen LogP contribution in [-0.4, -0.2) is 18.3 Å². The average Bonchev–Trinajstić information content (AvgIpc) is 3.29. The standard InChI is InChI=1S/C27H35BO2/c1-6-7-21-16-27(17-22(21)18-27)23-12-8-19(9-13-23)20-10-14-24(15-11-20)28-29-25(2,3)26(4,5)30-28/h8-15,21-22H,6-7,16-18H2,1-5H3. The Morgan fingerprint density at radius 3 is 1.87 bits per heavy atom. The van der Waals surface area contributed by atoms with Crippen LogP contribution in [0.4, 0.5) is 0 Å². The Morgan fingerprint density at radius 2 is 1.33 bits per heavy atom. The van der Waals surface area contributed by atoms with Crippen molar-refractivity contribution in [2.24, 2.45) is 11.8 Å². The second kappa shape index (κ2) is 6.97. The van der Waals surface area contributed by atoms with Gasteiger partial charge in [-0.15, -0.1) is 0 Å². The Labute approximate surface area is 182 Å². The summed E-state index contributed by atoms with van der Waals surface area (Å²) in [4.78, 5) is 0. The second-order valence-electron chi connectivity index (χ2n) is 11.0. The van der Waals surface area contributed by atoms with E-state index in [0.717, 1.165) is 17.3 Å². The highest BCUT2D eigenvalue weighted by Crippen LogP contribution is 2.63. The SMILES string of the molecule is CCCC1CC2(c3ccc(-c4ccc(B5OC(C)(C)C(C)(C)O5)cc4)cc3)CC1C2. The summed E-state index contributed by atoms with van der Waals surface area (Å²) in [6.07, 6.45) is 6.99. The van der Waals surface area contributed by atoms with Crippen molar-refractivity contribution in [1.29, 1.82) is 0 Å². The van der Waals surface area contributed by atoms with Crippen molar-refractivity contribution in [2.45, 2.75) is 83.3 Å². The van der Waals surface area contributed by atoms with E-state index in [9.17, 15) is 0 Å². The van der Waals surface area contributed by atoms with Crippen molar-refractivity contribution >= 4 is 12.6 Å². The first-order chi connectivity index (χ1) is 14.2. The highest BCUT2D eigenvalue weighted by atomic mass is 16.7. The van der Waals surface area contributed by atoms with Gasteiger partial charge < -0.3 is 9.31 Å². The highest BCUT2D eigenvalue weighted by Gasteiger charge is 2.56. The van der Waals surface area contributed by atoms with E-state index in [1.54, 1.807) is 5.56 Å². The summed E-state index contributed by atoms with van der Waals surface area (Å²) < 4.78 is 12.4. The molecule has 0 amide bonds. The normalized spacial score (nSPS) is 31.0. The molecule has 158 valence electrons. The van der Waals surface area contributed by atoms with Crippen LogP contribution in [0.3, 0.4) is 0 Å². The van der Waals surface area contributed by atoms with Gasteiger partial charge in [0.2, 0.25) is 0 Å². The lowest BCUT2D eigenvalue weighted by atomic mass is 9.65. The van der Waals surface area contributed by atoms with Gasteiger partial charge in [0.15, 0.2) is 0 Å². The molecular formula is C27H35BO2. The molecule has 4 aliphatic rings. The van der Waals surface area contributed by atoms with Gasteiger partial charge in [0.05, 0.1) is 11.2 Å². The first-order valence-corrected chi connectivity index (χ1v) is 11.8. The molecule has 3 saturated carbocycles. The first-order valence-electron chi connectivity index (χ1n) is 11.8. The van der Waals surface area contributed by atoms with E-state index in [-0.39, 0.29) is 18.3 Å². The highest BCUT2D eigenvalue weighted by molar-refractivity contribution is 6.62. The predicted molar refractivity (Wildman–Crippen MR) is 125 cm³/mol. The Hall–Kier alpha value is -1.58. The van der Waals surface area contributed by atoms with Gasteiger partial charge in [0.1, 0.15) is 0 Å². The van der Waals surface area contributed by atoms with Crippen molar-refractivity contribution in [3.63, 3.8) is 0 Å². The van der Waals surface area contributed by atoms with Crippen LogP contribution in [0, 0.1) is 11.8 Å². The summed E-state index contributed by atoms with van der Waals surface area (Å²) >= 11 is 0. The third-order valence-electron chi connectivity index (χ3n) is 8.55. The fourth-order valence-corrected chi connectivity index (χ4v) is 6.00. The fraction of sp³-hybridized carbons (Fsp3) is 0.556. The van der Waals surface area contributed by atoms with Crippen LogP contribution < -0.4 is 5.46 Å². The van der Waals surface area contributed by atoms with Crippen molar-refractivity contribution in [3.8, 4) is 11.1 Å². The Bertz CT molecular complexity index is 891. The number of fused-ring (bicyclic) bond motifs is 1. The van der Waals surface area contributed by atoms with Crippen LogP contribution in [0.5, 0.6) is 0 Å². The maximum Gasteiger partial charge on any atom is 0.494 e. The Kier molecular flexibility index (Phi) is 4.72. The Morgan fingerprint density at radius 1 is 0.800 bits per heavy atom. The van der Waals surface area contributed by atoms with Crippen LogP contribution in [0.25, 0.3) is 11.1 Å². The van der Waals surface area contributed by atoms with E-state index in [0.29, 0.717) is 5.41 Å². The topological polar surface area (TPSA) is 18.5 Å². The van der Waals surface area contributed by atoms with Gasteiger partial charge in [0, 0.05) is 0 Å². The van der Waals surface area contributed by atoms with Gasteiger partial charge in [-0.3, -0.25) is 0 Å². The van der Waals surface area contributed by atoms with Crippen LogP contribution in [-0.2, 0) is 14.7 Å². The average molecular weight is 402 g/mol. The molecule has 2 bridgehead atoms. The van der Waals surface area contributed by atoms with Crippen LogP contribution in [0.15, 0.2) is 48.5 Å². The third kappa shape index (κ3) is 3.17. The lowest BCUT2D eigenvalue weighted by Gasteiger charge is -2.39. The monoisotopic (exact) mass is 402 g/mol. The minimum Gasteiger partial charge on any atom is -0.399 e. The largest absolute Gasteiger partial charge is 0.494 e. The number of benzene rings is 2. The molecule has 3 heteroatoms. The summed E-state index contributed by atoms with van der Waals surface area (Å²) in [7, 11) is -0.296. The van der Waals surface area contributed by atoms with E-state index < -0.39 is 0 Å². The fourth-order valence-electron chi connectivity index (χ4n) is 6.00. The molecule has 1 heterocycles. The molecule has 30 heavy (non-hydrogen) atoms. The van der Waals surface area contributed by atoms with Gasteiger partial charge >= 0.3 is 7.12 Å². The summed E-state index contributed by atoms with van der Waals surface area (Å²) in [5.41, 5.74) is 5.07. The van der Waals surface area contributed by atoms with E-state index in [1.165, 1.54) is 43.2 Å². The zero-order valence-electron chi connectivity index (χ0n) is 19.2. The zero-order chi connectivity index (χ0) is 21.1. The molecule has 1 aliphatic heterocycles. The predicted octanol–water partition coefficient (Wildman–Crippen LogP) is 6.12. The van der Waals surface area contributed by atoms with Gasteiger partial charge in [-0.1, -0.05) is 68.3 Å². The lowest BCUT2D eigenvalue weighted by Crippen LogP contribution is -2.41. The van der Waals surface area contributed by atoms with Gasteiger partial charge in [-0.2, -0.15) is 0 Å². The molecule has 4 fully saturated rings. The smallest absolute Gasteiger partial charge is 0.399 e. The minimum atomic E-state index is -0.303. The molecule has 0 aromatic heterocycles. The quantitative estimate of drug-likeness (QED) is 0.561. The van der Waals surface area contributed by atoms with Crippen molar-refractivity contribution in [1.82, 2.24) is 0 Å². The van der Waals surface area contributed by atoms with Gasteiger partial charge in [-0.25, -0.2) is 0 Å². The maximum absolute atomic E-state index is 6.19. The van der Waals surface area contributed by atoms with Crippen LogP contribution >= 0.6 is 0 Å². The summed E-state index contributed by atoms with van der Waals surface area (Å²) in [5.74, 6) is 1.96. The van der Waals surface area contributed by atoms with Crippen LogP contribution in [0.1, 0.15) is 72.3 Å². The molecule has 2 nitrogen and oxygen atoms in total. The zero-order valence-corrected chi connectivity index (χ0v) is 19.2. The van der Waals surface area contributed by atoms with Crippen molar-refractivity contribution in [2.75, 3.05) is 0 Å². The molecule has 1 unspecified atom stereocenters. The van der Waals surface area contributed by atoms with Crippen molar-refractivity contribution < 1.29 is 9.31 Å². The lowest BCUT2D eigenvalue weighted by molar-refractivity contribution is 0.00578. The summed E-state index contributed by atoms with van der Waals surface area (Å²) in [6.45, 7) is 10.7. The van der Waals surface area contributed by atoms with E-state index in [4.69, 9.17) is 9.31 Å². The number of hydrogen-bond acceptors (Lipinski definition) is 2. The maximum atomic E-state index is 6.19. The summed E-state index contributed by atoms with van der Waals surface area (Å²) in [6, 6.07) is 18.1. The molecule has 2 aromatic rings.